The largest absolute Gasteiger partial charge is 0.501 e. The normalized spacial score (nSPS) is 48.6. The number of hydrogen-bond donors (Lipinski definition) is 0. The van der Waals surface area contributed by atoms with Crippen molar-refractivity contribution in [1.82, 2.24) is 0 Å². The topological polar surface area (TPSA) is 9.23 Å². The van der Waals surface area contributed by atoms with Crippen molar-refractivity contribution in [2.75, 3.05) is 7.11 Å². The Labute approximate surface area is 129 Å². The molecule has 0 saturated heterocycles. The van der Waals surface area contributed by atoms with E-state index in [4.69, 9.17) is 4.74 Å². The molecular formula is C20H30O. The molecule has 21 heavy (non-hydrogen) atoms. The lowest BCUT2D eigenvalue weighted by Gasteiger charge is -2.56. The molecule has 2 saturated carbocycles. The third-order valence-electron chi connectivity index (χ3n) is 7.78. The van der Waals surface area contributed by atoms with Crippen molar-refractivity contribution in [2.45, 2.75) is 65.2 Å². The highest BCUT2D eigenvalue weighted by atomic mass is 16.5. The van der Waals surface area contributed by atoms with Crippen LogP contribution in [0.4, 0.5) is 0 Å². The molecule has 0 bridgehead atoms. The lowest BCUT2D eigenvalue weighted by Crippen LogP contribution is -2.47. The standard InChI is InChI=1S/C20H30O/c1-19-10-4-5-17(19)16-7-6-14-13-15(21-3)8-12-20(14,2)18(16)9-11-19/h6,13,16-18H,4-5,7-12H2,1-3H3. The molecule has 0 N–H and O–H groups in total. The molecule has 4 aliphatic carbocycles. The van der Waals surface area contributed by atoms with Crippen molar-refractivity contribution >= 4 is 0 Å². The van der Waals surface area contributed by atoms with E-state index in [0.717, 1.165) is 24.2 Å². The fourth-order valence-corrected chi connectivity index (χ4v) is 6.45. The molecule has 4 rings (SSSR count). The van der Waals surface area contributed by atoms with E-state index in [1.807, 2.05) is 7.11 Å². The molecule has 4 aliphatic rings. The summed E-state index contributed by atoms with van der Waals surface area (Å²) in [7, 11) is 1.82. The minimum absolute atomic E-state index is 0.425. The van der Waals surface area contributed by atoms with Gasteiger partial charge in [-0.05, 0) is 78.8 Å². The molecule has 0 aliphatic heterocycles. The van der Waals surface area contributed by atoms with Crippen molar-refractivity contribution in [2.24, 2.45) is 28.6 Å². The Morgan fingerprint density at radius 3 is 2.76 bits per heavy atom. The molecule has 5 atom stereocenters. The minimum atomic E-state index is 0.425. The molecule has 0 aromatic carbocycles. The number of fused-ring (bicyclic) bond motifs is 5. The summed E-state index contributed by atoms with van der Waals surface area (Å²) in [6.07, 6.45) is 16.1. The maximum atomic E-state index is 5.53. The quantitative estimate of drug-likeness (QED) is 0.620. The zero-order valence-electron chi connectivity index (χ0n) is 14.0. The van der Waals surface area contributed by atoms with Gasteiger partial charge in [0.1, 0.15) is 0 Å². The van der Waals surface area contributed by atoms with Gasteiger partial charge in [-0.1, -0.05) is 26.3 Å². The first-order valence-corrected chi connectivity index (χ1v) is 9.02. The van der Waals surface area contributed by atoms with E-state index in [2.05, 4.69) is 26.0 Å². The monoisotopic (exact) mass is 286 g/mol. The fraction of sp³-hybridized carbons (Fsp3) is 0.800. The van der Waals surface area contributed by atoms with Gasteiger partial charge in [-0.25, -0.2) is 0 Å². The van der Waals surface area contributed by atoms with Crippen LogP contribution in [0.15, 0.2) is 23.5 Å². The van der Waals surface area contributed by atoms with Crippen LogP contribution in [0.3, 0.4) is 0 Å². The van der Waals surface area contributed by atoms with Crippen molar-refractivity contribution < 1.29 is 4.74 Å². The van der Waals surface area contributed by atoms with Gasteiger partial charge >= 0.3 is 0 Å². The summed E-state index contributed by atoms with van der Waals surface area (Å²) >= 11 is 0. The van der Waals surface area contributed by atoms with Gasteiger partial charge in [0, 0.05) is 6.42 Å². The minimum Gasteiger partial charge on any atom is -0.501 e. The first kappa shape index (κ1) is 13.9. The van der Waals surface area contributed by atoms with E-state index in [9.17, 15) is 0 Å². The summed E-state index contributed by atoms with van der Waals surface area (Å²) in [4.78, 5) is 0. The summed E-state index contributed by atoms with van der Waals surface area (Å²) in [6, 6.07) is 0. The number of rotatable bonds is 1. The Bertz CT molecular complexity index is 502. The Morgan fingerprint density at radius 2 is 1.95 bits per heavy atom. The number of methoxy groups -OCH3 is 1. The Kier molecular flexibility index (Phi) is 3.07. The van der Waals surface area contributed by atoms with E-state index in [0.29, 0.717) is 10.8 Å². The van der Waals surface area contributed by atoms with Crippen LogP contribution in [-0.2, 0) is 4.74 Å². The second-order valence-corrected chi connectivity index (χ2v) is 8.59. The number of ether oxygens (including phenoxy) is 1. The van der Waals surface area contributed by atoms with Crippen molar-refractivity contribution in [3.8, 4) is 0 Å². The molecule has 0 aromatic heterocycles. The highest BCUT2D eigenvalue weighted by molar-refractivity contribution is 5.35. The second-order valence-electron chi connectivity index (χ2n) is 8.59. The van der Waals surface area contributed by atoms with Gasteiger partial charge in [0.05, 0.1) is 12.9 Å². The molecule has 0 amide bonds. The highest BCUT2D eigenvalue weighted by Gasteiger charge is 2.55. The highest BCUT2D eigenvalue weighted by Crippen LogP contribution is 2.64. The van der Waals surface area contributed by atoms with Gasteiger partial charge in [0.2, 0.25) is 0 Å². The van der Waals surface area contributed by atoms with Crippen LogP contribution in [0.1, 0.15) is 65.2 Å². The zero-order chi connectivity index (χ0) is 14.7. The first-order valence-electron chi connectivity index (χ1n) is 9.02. The van der Waals surface area contributed by atoms with E-state index in [1.165, 1.54) is 50.7 Å². The van der Waals surface area contributed by atoms with Crippen LogP contribution in [-0.4, -0.2) is 7.11 Å². The Hall–Kier alpha value is -0.720. The van der Waals surface area contributed by atoms with Crippen LogP contribution >= 0.6 is 0 Å². The summed E-state index contributed by atoms with van der Waals surface area (Å²) in [6.45, 7) is 5.14. The van der Waals surface area contributed by atoms with E-state index in [1.54, 1.807) is 5.57 Å². The van der Waals surface area contributed by atoms with Crippen molar-refractivity contribution in [1.29, 1.82) is 0 Å². The summed E-state index contributed by atoms with van der Waals surface area (Å²) in [5.74, 6) is 4.07. The second kappa shape index (κ2) is 4.64. The fourth-order valence-electron chi connectivity index (χ4n) is 6.45. The van der Waals surface area contributed by atoms with Gasteiger partial charge in [-0.3, -0.25) is 0 Å². The molecule has 0 radical (unpaired) electrons. The average Bonchev–Trinajstić information content (AvgIpc) is 2.88. The lowest BCUT2D eigenvalue weighted by molar-refractivity contribution is -0.0201. The Balaban J connectivity index is 1.70. The van der Waals surface area contributed by atoms with Crippen LogP contribution < -0.4 is 0 Å². The van der Waals surface area contributed by atoms with E-state index < -0.39 is 0 Å². The van der Waals surface area contributed by atoms with Crippen LogP contribution in [0.5, 0.6) is 0 Å². The van der Waals surface area contributed by atoms with Crippen molar-refractivity contribution in [3.63, 3.8) is 0 Å². The number of allylic oxidation sites excluding steroid dienone is 4. The molecule has 2 fully saturated rings. The van der Waals surface area contributed by atoms with Gasteiger partial charge in [0.15, 0.2) is 0 Å². The molecule has 0 heterocycles. The molecule has 0 spiro atoms. The predicted octanol–water partition coefficient (Wildman–Crippen LogP) is 5.48. The first-order chi connectivity index (χ1) is 10.1. The third kappa shape index (κ3) is 1.88. The van der Waals surface area contributed by atoms with Gasteiger partial charge in [-0.15, -0.1) is 0 Å². The Morgan fingerprint density at radius 1 is 1.10 bits per heavy atom. The summed E-state index contributed by atoms with van der Waals surface area (Å²) in [5, 5.41) is 0. The maximum absolute atomic E-state index is 5.53. The average molecular weight is 286 g/mol. The predicted molar refractivity (Wildman–Crippen MR) is 86.8 cm³/mol. The van der Waals surface area contributed by atoms with Crippen LogP contribution in [0.25, 0.3) is 0 Å². The molecule has 0 aromatic rings. The van der Waals surface area contributed by atoms with Crippen LogP contribution in [0, 0.1) is 28.6 Å². The molecule has 5 unspecified atom stereocenters. The SMILES string of the molecule is COC1=CC2=CCC3C4CCCC4(C)CCC3C2(C)CC1. The molecular weight excluding hydrogens is 256 g/mol. The van der Waals surface area contributed by atoms with Crippen molar-refractivity contribution in [3.05, 3.63) is 23.5 Å². The van der Waals surface area contributed by atoms with Gasteiger partial charge in [-0.2, -0.15) is 0 Å². The summed E-state index contributed by atoms with van der Waals surface area (Å²) in [5.41, 5.74) is 2.69. The van der Waals surface area contributed by atoms with Crippen LogP contribution in [0.2, 0.25) is 0 Å². The van der Waals surface area contributed by atoms with E-state index in [-0.39, 0.29) is 0 Å². The molecule has 1 heteroatoms. The zero-order valence-corrected chi connectivity index (χ0v) is 14.0. The third-order valence-corrected chi connectivity index (χ3v) is 7.78. The lowest BCUT2D eigenvalue weighted by atomic mass is 9.49. The maximum Gasteiger partial charge on any atom is 0.0958 e. The van der Waals surface area contributed by atoms with Gasteiger partial charge in [0.25, 0.3) is 0 Å². The molecule has 116 valence electrons. The number of hydrogen-bond acceptors (Lipinski definition) is 1. The molecule has 1 nitrogen and oxygen atoms in total. The summed E-state index contributed by atoms with van der Waals surface area (Å²) < 4.78 is 5.53. The smallest absolute Gasteiger partial charge is 0.0958 e. The van der Waals surface area contributed by atoms with Gasteiger partial charge < -0.3 is 4.74 Å². The van der Waals surface area contributed by atoms with E-state index >= 15 is 0 Å².